The number of hydrogen-bond acceptors (Lipinski definition) is 4. The molecule has 12 rings (SSSR count). The lowest BCUT2D eigenvalue weighted by Crippen LogP contribution is -2.25. The monoisotopic (exact) mass is 1000 g/mol. The fraction of sp³-hybridized carbons (Fsp3) is 0.181. The van der Waals surface area contributed by atoms with Crippen molar-refractivity contribution >= 4 is 44.6 Å². The molecule has 5 nitrogen and oxygen atoms in total. The molecule has 77 heavy (non-hydrogen) atoms. The summed E-state index contributed by atoms with van der Waals surface area (Å²) in [6, 6.07) is 79.3. The summed E-state index contributed by atoms with van der Waals surface area (Å²) < 4.78 is 9.29. The maximum atomic E-state index is 6.97. The summed E-state index contributed by atoms with van der Waals surface area (Å²) in [5.41, 5.74) is 19.8. The van der Waals surface area contributed by atoms with E-state index in [0.717, 1.165) is 61.9 Å². The summed E-state index contributed by atoms with van der Waals surface area (Å²) in [5.74, 6) is 2.39. The Hall–Kier alpha value is -8.67. The molecule has 0 fully saturated rings. The Labute approximate surface area is 454 Å². The number of aromatic nitrogens is 2. The van der Waals surface area contributed by atoms with Crippen LogP contribution in [-0.2, 0) is 16.2 Å². The van der Waals surface area contributed by atoms with Crippen molar-refractivity contribution in [3.63, 3.8) is 0 Å². The van der Waals surface area contributed by atoms with Crippen LogP contribution in [0.4, 0.5) is 22.7 Å². The molecule has 0 saturated carbocycles. The first kappa shape index (κ1) is 49.2. The van der Waals surface area contributed by atoms with Crippen LogP contribution in [0, 0.1) is 0 Å². The highest BCUT2D eigenvalue weighted by Crippen LogP contribution is 2.51. The molecule has 2 aromatic heterocycles. The third-order valence-electron chi connectivity index (χ3n) is 15.4. The van der Waals surface area contributed by atoms with Crippen LogP contribution in [0.25, 0.3) is 72.1 Å². The Bertz CT molecular complexity index is 3980. The molecule has 9 aromatic carbocycles. The van der Waals surface area contributed by atoms with E-state index in [-0.39, 0.29) is 16.2 Å². The fourth-order valence-electron chi connectivity index (χ4n) is 11.2. The van der Waals surface area contributed by atoms with Gasteiger partial charge in [-0.05, 0) is 121 Å². The Morgan fingerprint density at radius 3 is 1.68 bits per heavy atom. The van der Waals surface area contributed by atoms with E-state index in [9.17, 15) is 0 Å². The first-order valence-corrected chi connectivity index (χ1v) is 27.0. The first-order chi connectivity index (χ1) is 37.1. The molecule has 0 amide bonds. The molecular formula is C72H66N4O. The first-order valence-electron chi connectivity index (χ1n) is 27.0. The van der Waals surface area contributed by atoms with Gasteiger partial charge in [-0.3, -0.25) is 4.57 Å². The molecule has 5 heteroatoms. The van der Waals surface area contributed by atoms with Crippen LogP contribution >= 0.6 is 0 Å². The van der Waals surface area contributed by atoms with E-state index in [4.69, 9.17) is 9.72 Å². The van der Waals surface area contributed by atoms with Gasteiger partial charge in [0.1, 0.15) is 24.0 Å². The predicted molar refractivity (Wildman–Crippen MR) is 325 cm³/mol. The van der Waals surface area contributed by atoms with Crippen molar-refractivity contribution < 1.29 is 4.74 Å². The van der Waals surface area contributed by atoms with E-state index in [2.05, 4.69) is 301 Å². The smallest absolute Gasteiger partial charge is 0.137 e. The molecule has 0 bridgehead atoms. The van der Waals surface area contributed by atoms with E-state index in [1.165, 1.54) is 61.1 Å². The topological polar surface area (TPSA) is 33.5 Å². The van der Waals surface area contributed by atoms with Crippen LogP contribution in [0.3, 0.4) is 0 Å². The maximum absolute atomic E-state index is 6.97. The van der Waals surface area contributed by atoms with Gasteiger partial charge in [-0.1, -0.05) is 208 Å². The van der Waals surface area contributed by atoms with E-state index >= 15 is 0 Å². The number of hydrogen-bond donors (Lipinski definition) is 0. The van der Waals surface area contributed by atoms with Crippen molar-refractivity contribution in [1.29, 1.82) is 0 Å². The van der Waals surface area contributed by atoms with Gasteiger partial charge in [-0.25, -0.2) is 4.98 Å². The third-order valence-corrected chi connectivity index (χ3v) is 15.4. The van der Waals surface area contributed by atoms with Gasteiger partial charge in [0.25, 0.3) is 0 Å². The van der Waals surface area contributed by atoms with Gasteiger partial charge < -0.3 is 14.5 Å². The summed E-state index contributed by atoms with van der Waals surface area (Å²) in [6.45, 7) is 21.1. The zero-order valence-electron chi connectivity index (χ0n) is 45.8. The average Bonchev–Trinajstić information content (AvgIpc) is 4.13. The van der Waals surface area contributed by atoms with Gasteiger partial charge in [0.05, 0.1) is 28.1 Å². The van der Waals surface area contributed by atoms with Crippen molar-refractivity contribution in [1.82, 2.24) is 9.55 Å². The van der Waals surface area contributed by atoms with Gasteiger partial charge in [0.2, 0.25) is 0 Å². The van der Waals surface area contributed by atoms with Crippen LogP contribution in [-0.4, -0.2) is 16.2 Å². The van der Waals surface area contributed by atoms with Gasteiger partial charge in [-0.15, -0.1) is 0 Å². The lowest BCUT2D eigenvalue weighted by atomic mass is 9.82. The van der Waals surface area contributed by atoms with Crippen molar-refractivity contribution in [2.24, 2.45) is 0 Å². The second kappa shape index (κ2) is 19.2. The molecule has 1 aliphatic heterocycles. The molecule has 0 saturated heterocycles. The summed E-state index contributed by atoms with van der Waals surface area (Å²) in [5, 5.41) is 2.35. The highest BCUT2D eigenvalue weighted by Gasteiger charge is 2.32. The predicted octanol–water partition coefficient (Wildman–Crippen LogP) is 19.8. The van der Waals surface area contributed by atoms with Crippen LogP contribution in [0.2, 0.25) is 0 Å². The number of nitrogens with zero attached hydrogens (tertiary/aromatic N) is 4. The largest absolute Gasteiger partial charge is 0.457 e. The molecule has 0 spiro atoms. The number of rotatable bonds is 9. The lowest BCUT2D eigenvalue weighted by Gasteiger charge is -2.28. The Morgan fingerprint density at radius 1 is 0.390 bits per heavy atom. The number of pyridine rings is 1. The molecule has 0 unspecified atom stereocenters. The SMILES string of the molecule is CC(C)(C)c1ccc(-c2cccc(-c3cccc(-c4ccccc4)c3)c2N2CN(c3cccc(Oc4ccc5c6cc(C(C)(C)C)ccc6n(-c6cc(C(C)(C)C)c(-c7ccccc7)cn6)c5c4)c3)c3ccccc32)cc1. The third kappa shape index (κ3) is 9.35. The van der Waals surface area contributed by atoms with Crippen molar-refractivity contribution in [2.45, 2.75) is 78.6 Å². The minimum absolute atomic E-state index is 0.0168. The zero-order chi connectivity index (χ0) is 53.2. The summed E-state index contributed by atoms with van der Waals surface area (Å²) in [4.78, 5) is 10.2. The van der Waals surface area contributed by atoms with E-state index in [0.29, 0.717) is 6.67 Å². The van der Waals surface area contributed by atoms with Crippen molar-refractivity contribution in [3.8, 4) is 61.8 Å². The number of ether oxygens (including phenoxy) is 1. The molecular weight excluding hydrogens is 937 g/mol. The Morgan fingerprint density at radius 2 is 0.974 bits per heavy atom. The highest BCUT2D eigenvalue weighted by atomic mass is 16.5. The molecule has 0 N–H and O–H groups in total. The van der Waals surface area contributed by atoms with Gasteiger partial charge in [0, 0.05) is 51.5 Å². The maximum Gasteiger partial charge on any atom is 0.137 e. The quantitative estimate of drug-likeness (QED) is 0.144. The number of anilines is 4. The molecule has 1 aliphatic rings. The number of benzene rings is 9. The Kier molecular flexibility index (Phi) is 12.3. The number of para-hydroxylation sites is 3. The van der Waals surface area contributed by atoms with Crippen molar-refractivity contribution in [3.05, 3.63) is 241 Å². The summed E-state index contributed by atoms with van der Waals surface area (Å²) in [6.07, 6.45) is 2.06. The van der Waals surface area contributed by atoms with Crippen LogP contribution in [0.15, 0.2) is 225 Å². The van der Waals surface area contributed by atoms with E-state index < -0.39 is 0 Å². The molecule has 0 aliphatic carbocycles. The molecule has 11 aromatic rings. The molecule has 0 atom stereocenters. The van der Waals surface area contributed by atoms with E-state index in [1.807, 2.05) is 0 Å². The molecule has 0 radical (unpaired) electrons. The molecule has 3 heterocycles. The van der Waals surface area contributed by atoms with E-state index in [1.54, 1.807) is 0 Å². The lowest BCUT2D eigenvalue weighted by molar-refractivity contribution is 0.483. The normalized spacial score (nSPS) is 12.9. The van der Waals surface area contributed by atoms with Crippen LogP contribution in [0.5, 0.6) is 11.5 Å². The Balaban J connectivity index is 0.940. The van der Waals surface area contributed by atoms with Gasteiger partial charge >= 0.3 is 0 Å². The van der Waals surface area contributed by atoms with Gasteiger partial charge in [-0.2, -0.15) is 0 Å². The minimum atomic E-state index is -0.133. The van der Waals surface area contributed by atoms with Gasteiger partial charge in [0.15, 0.2) is 0 Å². The second-order valence-corrected chi connectivity index (χ2v) is 23.8. The second-order valence-electron chi connectivity index (χ2n) is 23.8. The highest BCUT2D eigenvalue weighted by molar-refractivity contribution is 6.10. The summed E-state index contributed by atoms with van der Waals surface area (Å²) in [7, 11) is 0. The summed E-state index contributed by atoms with van der Waals surface area (Å²) >= 11 is 0. The number of fused-ring (bicyclic) bond motifs is 4. The van der Waals surface area contributed by atoms with Crippen LogP contribution < -0.4 is 14.5 Å². The standard InChI is InChI=1S/C72H66N4O/c1-70(2,3)53-35-33-50(34-36-53)58-29-20-30-59(52-26-18-25-51(41-52)48-21-12-10-13-22-48)69(58)75-47-74(65-31-16-17-32-66(65)75)55-27-19-28-56(43-55)77-57-38-39-60-61-42-54(71(4,5)6)37-40-64(61)76(67(60)44-57)68-45-63(72(7,8)9)62(46-73-68)49-23-14-11-15-24-49/h10-46H,47H2,1-9H3. The zero-order valence-corrected chi connectivity index (χ0v) is 45.8. The fourth-order valence-corrected chi connectivity index (χ4v) is 11.2. The minimum Gasteiger partial charge on any atom is -0.457 e. The average molecular weight is 1000 g/mol. The van der Waals surface area contributed by atoms with Crippen molar-refractivity contribution in [2.75, 3.05) is 16.5 Å². The van der Waals surface area contributed by atoms with Crippen LogP contribution in [0.1, 0.15) is 79.0 Å². The molecule has 380 valence electrons.